The summed E-state index contributed by atoms with van der Waals surface area (Å²) in [5.41, 5.74) is 1.87. The van der Waals surface area contributed by atoms with Crippen molar-refractivity contribution in [2.75, 3.05) is 11.9 Å². The molecule has 0 unspecified atom stereocenters. The molecule has 0 aromatic heterocycles. The highest BCUT2D eigenvalue weighted by Crippen LogP contribution is 2.28. The van der Waals surface area contributed by atoms with Crippen LogP contribution in [-0.4, -0.2) is 6.61 Å². The van der Waals surface area contributed by atoms with Crippen molar-refractivity contribution in [3.05, 3.63) is 56.5 Å². The van der Waals surface area contributed by atoms with Gasteiger partial charge in [-0.25, -0.2) is 0 Å². The van der Waals surface area contributed by atoms with E-state index in [0.717, 1.165) is 27.9 Å². The first kappa shape index (κ1) is 16.5. The molecule has 0 fully saturated rings. The number of nitrogens with one attached hydrogen (secondary N) is 1. The van der Waals surface area contributed by atoms with E-state index in [-0.39, 0.29) is 0 Å². The lowest BCUT2D eigenvalue weighted by Gasteiger charge is -2.14. The van der Waals surface area contributed by atoms with Crippen LogP contribution in [0.5, 0.6) is 5.75 Å². The molecule has 2 rings (SSSR count). The van der Waals surface area contributed by atoms with Gasteiger partial charge in [0.15, 0.2) is 0 Å². The number of ether oxygens (including phenoxy) is 1. The van der Waals surface area contributed by atoms with Crippen LogP contribution >= 0.6 is 39.1 Å². The largest absolute Gasteiger partial charge is 0.493 e. The summed E-state index contributed by atoms with van der Waals surface area (Å²) in [4.78, 5) is 0. The number of anilines is 1. The average Bonchev–Trinajstić information content (AvgIpc) is 2.47. The number of hydrogen-bond acceptors (Lipinski definition) is 2. The van der Waals surface area contributed by atoms with Crippen LogP contribution in [0.3, 0.4) is 0 Å². The lowest BCUT2D eigenvalue weighted by molar-refractivity contribution is 0.314. The van der Waals surface area contributed by atoms with E-state index in [1.807, 2.05) is 24.3 Å². The number of benzene rings is 2. The minimum absolute atomic E-state index is 0.610. The van der Waals surface area contributed by atoms with E-state index in [1.165, 1.54) is 0 Å². The molecule has 0 amide bonds. The first-order valence-corrected chi connectivity index (χ1v) is 8.25. The molecule has 112 valence electrons. The van der Waals surface area contributed by atoms with Gasteiger partial charge in [0.2, 0.25) is 0 Å². The minimum atomic E-state index is 0.610. The summed E-state index contributed by atoms with van der Waals surface area (Å²) >= 11 is 15.6. The van der Waals surface area contributed by atoms with E-state index in [0.29, 0.717) is 23.2 Å². The van der Waals surface area contributed by atoms with Crippen molar-refractivity contribution in [1.82, 2.24) is 0 Å². The van der Waals surface area contributed by atoms with Crippen molar-refractivity contribution < 1.29 is 4.74 Å². The Labute approximate surface area is 143 Å². The van der Waals surface area contributed by atoms with Crippen molar-refractivity contribution >= 4 is 44.8 Å². The third kappa shape index (κ3) is 4.80. The summed E-state index contributed by atoms with van der Waals surface area (Å²) in [6.07, 6.45) is 0.975. The van der Waals surface area contributed by atoms with Crippen molar-refractivity contribution in [2.45, 2.75) is 19.9 Å². The predicted molar refractivity (Wildman–Crippen MR) is 93.7 cm³/mol. The lowest BCUT2D eigenvalue weighted by atomic mass is 10.2. The van der Waals surface area contributed by atoms with E-state index < -0.39 is 0 Å². The number of halogens is 3. The van der Waals surface area contributed by atoms with E-state index in [9.17, 15) is 0 Å². The third-order valence-corrected chi connectivity index (χ3v) is 3.94. The van der Waals surface area contributed by atoms with Crippen molar-refractivity contribution in [2.24, 2.45) is 0 Å². The van der Waals surface area contributed by atoms with Gasteiger partial charge < -0.3 is 10.1 Å². The maximum atomic E-state index is 6.16. The van der Waals surface area contributed by atoms with Crippen LogP contribution in [0.4, 0.5) is 5.69 Å². The van der Waals surface area contributed by atoms with Crippen LogP contribution in [0.15, 0.2) is 40.9 Å². The molecule has 0 aliphatic carbocycles. The second kappa shape index (κ2) is 7.92. The Morgan fingerprint density at radius 1 is 1.14 bits per heavy atom. The zero-order valence-corrected chi connectivity index (χ0v) is 14.7. The highest BCUT2D eigenvalue weighted by Gasteiger charge is 2.07. The molecule has 0 heterocycles. The Bertz CT molecular complexity index is 619. The highest BCUT2D eigenvalue weighted by atomic mass is 79.9. The molecule has 21 heavy (non-hydrogen) atoms. The van der Waals surface area contributed by atoms with Crippen LogP contribution in [0, 0.1) is 0 Å². The van der Waals surface area contributed by atoms with Gasteiger partial charge in [-0.05, 0) is 42.8 Å². The molecular weight excluding hydrogens is 373 g/mol. The van der Waals surface area contributed by atoms with E-state index in [4.69, 9.17) is 27.9 Å². The van der Waals surface area contributed by atoms with Gasteiger partial charge in [0.25, 0.3) is 0 Å². The molecule has 5 heteroatoms. The standard InChI is InChI=1S/C16H16BrCl2NO/c1-2-7-21-16-6-3-12(17)8-11(16)10-20-15-9-13(18)4-5-14(15)19/h3-6,8-9,20H,2,7,10H2,1H3. The predicted octanol–water partition coefficient (Wildman–Crippen LogP) is 6.16. The summed E-state index contributed by atoms with van der Waals surface area (Å²) in [7, 11) is 0. The molecule has 0 spiro atoms. The van der Waals surface area contributed by atoms with E-state index >= 15 is 0 Å². The summed E-state index contributed by atoms with van der Waals surface area (Å²) in [6, 6.07) is 11.3. The molecule has 2 aromatic carbocycles. The lowest BCUT2D eigenvalue weighted by Crippen LogP contribution is -2.04. The van der Waals surface area contributed by atoms with Crippen molar-refractivity contribution in [1.29, 1.82) is 0 Å². The average molecular weight is 389 g/mol. The fraction of sp³-hybridized carbons (Fsp3) is 0.250. The SMILES string of the molecule is CCCOc1ccc(Br)cc1CNc1cc(Cl)ccc1Cl. The highest BCUT2D eigenvalue weighted by molar-refractivity contribution is 9.10. The van der Waals surface area contributed by atoms with Crippen LogP contribution in [-0.2, 0) is 6.54 Å². The van der Waals surface area contributed by atoms with Gasteiger partial charge in [0.05, 0.1) is 17.3 Å². The Kier molecular flexibility index (Phi) is 6.22. The molecule has 0 saturated heterocycles. The Balaban J connectivity index is 2.14. The molecule has 0 bridgehead atoms. The third-order valence-electron chi connectivity index (χ3n) is 2.88. The Morgan fingerprint density at radius 3 is 2.71 bits per heavy atom. The summed E-state index contributed by atoms with van der Waals surface area (Å²) in [6.45, 7) is 3.40. The summed E-state index contributed by atoms with van der Waals surface area (Å²) < 4.78 is 6.78. The van der Waals surface area contributed by atoms with Gasteiger partial charge in [-0.15, -0.1) is 0 Å². The molecule has 2 nitrogen and oxygen atoms in total. The van der Waals surface area contributed by atoms with Gasteiger partial charge in [0, 0.05) is 21.6 Å². The van der Waals surface area contributed by atoms with Crippen LogP contribution < -0.4 is 10.1 Å². The maximum absolute atomic E-state index is 6.16. The maximum Gasteiger partial charge on any atom is 0.124 e. The molecular formula is C16H16BrCl2NO. The van der Waals surface area contributed by atoms with Crippen LogP contribution in [0.2, 0.25) is 10.0 Å². The molecule has 1 N–H and O–H groups in total. The Hall–Kier alpha value is -0.900. The van der Waals surface area contributed by atoms with E-state index in [1.54, 1.807) is 12.1 Å². The first-order valence-electron chi connectivity index (χ1n) is 6.70. The smallest absolute Gasteiger partial charge is 0.124 e. The zero-order valence-electron chi connectivity index (χ0n) is 11.6. The van der Waals surface area contributed by atoms with Gasteiger partial charge in [0.1, 0.15) is 5.75 Å². The number of hydrogen-bond donors (Lipinski definition) is 1. The van der Waals surface area contributed by atoms with Crippen molar-refractivity contribution in [3.8, 4) is 5.75 Å². The second-order valence-electron chi connectivity index (χ2n) is 4.58. The molecule has 0 radical (unpaired) electrons. The van der Waals surface area contributed by atoms with Crippen LogP contribution in [0.25, 0.3) is 0 Å². The molecule has 0 aliphatic rings. The monoisotopic (exact) mass is 387 g/mol. The number of rotatable bonds is 6. The fourth-order valence-electron chi connectivity index (χ4n) is 1.86. The van der Waals surface area contributed by atoms with Crippen LogP contribution in [0.1, 0.15) is 18.9 Å². The normalized spacial score (nSPS) is 10.5. The van der Waals surface area contributed by atoms with Gasteiger partial charge >= 0.3 is 0 Å². The molecule has 0 aliphatic heterocycles. The molecule has 0 atom stereocenters. The zero-order chi connectivity index (χ0) is 15.2. The Morgan fingerprint density at radius 2 is 1.95 bits per heavy atom. The quantitative estimate of drug-likeness (QED) is 0.639. The summed E-state index contributed by atoms with van der Waals surface area (Å²) in [5, 5.41) is 4.59. The fourth-order valence-corrected chi connectivity index (χ4v) is 2.63. The second-order valence-corrected chi connectivity index (χ2v) is 6.34. The van der Waals surface area contributed by atoms with Crippen molar-refractivity contribution in [3.63, 3.8) is 0 Å². The minimum Gasteiger partial charge on any atom is -0.493 e. The van der Waals surface area contributed by atoms with Gasteiger partial charge in [-0.2, -0.15) is 0 Å². The first-order chi connectivity index (χ1) is 10.1. The summed E-state index contributed by atoms with van der Waals surface area (Å²) in [5.74, 6) is 0.880. The molecule has 0 saturated carbocycles. The van der Waals surface area contributed by atoms with Gasteiger partial charge in [-0.1, -0.05) is 46.1 Å². The topological polar surface area (TPSA) is 21.3 Å². The molecule has 2 aromatic rings. The van der Waals surface area contributed by atoms with Gasteiger partial charge in [-0.3, -0.25) is 0 Å². The van der Waals surface area contributed by atoms with E-state index in [2.05, 4.69) is 28.2 Å².